The predicted molar refractivity (Wildman–Crippen MR) is 149 cm³/mol. The number of aromatic nitrogens is 2. The number of nitrogens with zero attached hydrogens (tertiary/aromatic N) is 2. The number of allylic oxidation sites excluding steroid dienone is 4. The molecule has 0 amide bonds. The molecule has 35 heavy (non-hydrogen) atoms. The maximum absolute atomic E-state index is 12.0. The van der Waals surface area contributed by atoms with Crippen molar-refractivity contribution in [3.63, 3.8) is 0 Å². The molecule has 0 fully saturated rings. The zero-order chi connectivity index (χ0) is 28.8. The average molecular weight is 470 g/mol. The van der Waals surface area contributed by atoms with Crippen molar-refractivity contribution < 1.29 is 12.3 Å². The molecule has 0 N–H and O–H groups in total. The fourth-order valence-electron chi connectivity index (χ4n) is 3.09. The lowest BCUT2D eigenvalue weighted by molar-refractivity contribution is -0.114. The number of carbonyl (C=O) groups is 2. The summed E-state index contributed by atoms with van der Waals surface area (Å²) in [4.78, 5) is 32.6. The van der Waals surface area contributed by atoms with Crippen LogP contribution in [0.25, 0.3) is 0 Å². The van der Waals surface area contributed by atoms with Crippen LogP contribution in [0.4, 0.5) is 0 Å². The van der Waals surface area contributed by atoms with Gasteiger partial charge in [-0.2, -0.15) is 0 Å². The fourth-order valence-corrected chi connectivity index (χ4v) is 3.09. The highest BCUT2D eigenvalue weighted by atomic mass is 16.1. The molecule has 0 spiro atoms. The minimum Gasteiger partial charge on any atom is -0.294 e. The third kappa shape index (κ3) is 9.43. The van der Waals surface area contributed by atoms with Gasteiger partial charge >= 0.3 is 0 Å². The molecule has 0 aliphatic heterocycles. The topological polar surface area (TPSA) is 59.9 Å². The van der Waals surface area contributed by atoms with Gasteiger partial charge in [-0.25, -0.2) is 4.98 Å². The first-order chi connectivity index (χ1) is 17.0. The summed E-state index contributed by atoms with van der Waals surface area (Å²) in [5.74, 6) is 0.0303. The van der Waals surface area contributed by atoms with E-state index in [0.29, 0.717) is 51.2 Å². The Kier molecular flexibility index (Phi) is 10.3. The van der Waals surface area contributed by atoms with Gasteiger partial charge in [-0.05, 0) is 77.6 Å². The van der Waals surface area contributed by atoms with E-state index in [0.717, 1.165) is 11.1 Å². The van der Waals surface area contributed by atoms with Crippen molar-refractivity contribution in [2.24, 2.45) is 0 Å². The zero-order valence-electron chi connectivity index (χ0n) is 24.9. The second kappa shape index (κ2) is 13.4. The Bertz CT molecular complexity index is 1240. The first-order valence-electron chi connectivity index (χ1n) is 12.9. The van der Waals surface area contributed by atoms with Gasteiger partial charge in [0.2, 0.25) is 5.78 Å². The molecule has 4 nitrogen and oxygen atoms in total. The summed E-state index contributed by atoms with van der Waals surface area (Å²) in [6.07, 6.45) is 3.31. The summed E-state index contributed by atoms with van der Waals surface area (Å²) >= 11 is 0. The Morgan fingerprint density at radius 2 is 1.31 bits per heavy atom. The molecule has 6 heteroatoms. The van der Waals surface area contributed by atoms with Gasteiger partial charge in [0.25, 0.3) is 0 Å². The van der Waals surface area contributed by atoms with Gasteiger partial charge in [-0.3, -0.25) is 14.6 Å². The molecule has 0 aliphatic carbocycles. The lowest BCUT2D eigenvalue weighted by atomic mass is 9.86. The van der Waals surface area contributed by atoms with E-state index in [9.17, 15) is 9.59 Å². The number of rotatable bonds is 7. The SMILES string of the molecule is [2H]c1c(C(C)C)nc(C(=O)C=C(C)C)c([B])c1C.[2H]c1c(C(C)C)nc(CC(=O)C=C(C)C)c([B])c1C. The smallest absolute Gasteiger partial charge is 0.203 e. The summed E-state index contributed by atoms with van der Waals surface area (Å²) in [5.41, 5.74) is 6.13. The van der Waals surface area contributed by atoms with Crippen molar-refractivity contribution in [3.05, 3.63) is 69.3 Å². The third-order valence-corrected chi connectivity index (χ3v) is 5.03. The predicted octanol–water partition coefficient (Wildman–Crippen LogP) is 4.84. The Hall–Kier alpha value is -2.75. The van der Waals surface area contributed by atoms with Gasteiger partial charge in [0.05, 0.1) is 9.16 Å². The number of ketones is 2. The first-order valence-corrected chi connectivity index (χ1v) is 11.9. The van der Waals surface area contributed by atoms with Gasteiger partial charge in [0.1, 0.15) is 21.4 Å². The minimum atomic E-state index is -0.197. The number of hydrogen-bond donors (Lipinski definition) is 0. The Labute approximate surface area is 217 Å². The Morgan fingerprint density at radius 1 is 0.857 bits per heavy atom. The zero-order valence-corrected chi connectivity index (χ0v) is 22.9. The molecule has 182 valence electrons. The van der Waals surface area contributed by atoms with E-state index >= 15 is 0 Å². The van der Waals surface area contributed by atoms with E-state index in [1.54, 1.807) is 19.9 Å². The molecule has 0 saturated heterocycles. The van der Waals surface area contributed by atoms with Crippen LogP contribution in [-0.2, 0) is 11.2 Å². The maximum Gasteiger partial charge on any atom is 0.203 e. The van der Waals surface area contributed by atoms with Crippen LogP contribution in [0.1, 0.15) is 109 Å². The molecule has 4 radical (unpaired) electrons. The molecule has 0 bridgehead atoms. The summed E-state index contributed by atoms with van der Waals surface area (Å²) in [6, 6.07) is 0.710. The van der Waals surface area contributed by atoms with Crippen LogP contribution in [0.15, 0.2) is 35.4 Å². The van der Waals surface area contributed by atoms with Crippen LogP contribution in [0.5, 0.6) is 0 Å². The van der Waals surface area contributed by atoms with Crippen molar-refractivity contribution in [1.29, 1.82) is 0 Å². The standard InChI is InChI=1S/C15H20BNO.C14H18BNO/c1-9(2)6-12(18)8-14-15(16)11(5)7-13(17-14)10(3)4;1-8(2)6-12(17)14-13(15)10(5)7-11(16-14)9(3)4/h6-7,10H,8H2,1-5H3;6-7,9H,1-5H3/i2*7D. The second-order valence-corrected chi connectivity index (χ2v) is 9.88. The quantitative estimate of drug-likeness (QED) is 0.330. The number of pyridine rings is 2. The van der Waals surface area contributed by atoms with Crippen LogP contribution in [0, 0.1) is 13.8 Å². The second-order valence-electron chi connectivity index (χ2n) is 9.88. The van der Waals surface area contributed by atoms with Gasteiger partial charge in [-0.15, -0.1) is 0 Å². The molecular formula is C29H38B2N2O2. The van der Waals surface area contributed by atoms with Gasteiger partial charge in [0.15, 0.2) is 5.78 Å². The Balaban J connectivity index is 0.000000371. The van der Waals surface area contributed by atoms with Crippen molar-refractivity contribution in [2.45, 2.75) is 87.5 Å². The highest BCUT2D eigenvalue weighted by Crippen LogP contribution is 2.14. The van der Waals surface area contributed by atoms with Crippen molar-refractivity contribution in [3.8, 4) is 0 Å². The maximum atomic E-state index is 12.0. The molecule has 2 aromatic heterocycles. The van der Waals surface area contributed by atoms with E-state index in [1.807, 2.05) is 55.4 Å². The summed E-state index contributed by atoms with van der Waals surface area (Å²) in [5, 5.41) is 0. The van der Waals surface area contributed by atoms with E-state index in [-0.39, 0.29) is 35.5 Å². The normalized spacial score (nSPS) is 11.3. The van der Waals surface area contributed by atoms with Crippen molar-refractivity contribution >= 4 is 38.2 Å². The van der Waals surface area contributed by atoms with Crippen LogP contribution < -0.4 is 10.9 Å². The lowest BCUT2D eigenvalue weighted by Crippen LogP contribution is -2.22. The molecule has 2 aromatic rings. The monoisotopic (exact) mass is 470 g/mol. The molecular weight excluding hydrogens is 430 g/mol. The van der Waals surface area contributed by atoms with Crippen LogP contribution in [0.2, 0.25) is 0 Å². The highest BCUT2D eigenvalue weighted by molar-refractivity contribution is 6.37. The van der Waals surface area contributed by atoms with Crippen LogP contribution in [0.3, 0.4) is 0 Å². The average Bonchev–Trinajstić information content (AvgIpc) is 2.76. The number of carbonyl (C=O) groups excluding carboxylic acids is 2. The molecule has 0 aromatic carbocycles. The minimum absolute atomic E-state index is 0.00830. The molecule has 0 atom stereocenters. The summed E-state index contributed by atoms with van der Waals surface area (Å²) < 4.78 is 16.0. The van der Waals surface area contributed by atoms with E-state index in [4.69, 9.17) is 18.4 Å². The first kappa shape index (κ1) is 26.8. The van der Waals surface area contributed by atoms with Crippen molar-refractivity contribution in [1.82, 2.24) is 9.97 Å². The van der Waals surface area contributed by atoms with Crippen molar-refractivity contribution in [2.75, 3.05) is 0 Å². The van der Waals surface area contributed by atoms with E-state index in [1.165, 1.54) is 6.08 Å². The van der Waals surface area contributed by atoms with E-state index < -0.39 is 0 Å². The summed E-state index contributed by atoms with van der Waals surface area (Å²) in [7, 11) is 11.9. The van der Waals surface area contributed by atoms with E-state index in [2.05, 4.69) is 9.97 Å². The molecule has 0 unspecified atom stereocenters. The van der Waals surface area contributed by atoms with Gasteiger partial charge in [0, 0.05) is 17.1 Å². The van der Waals surface area contributed by atoms with Crippen LogP contribution in [-0.4, -0.2) is 37.2 Å². The highest BCUT2D eigenvalue weighted by Gasteiger charge is 2.13. The summed E-state index contributed by atoms with van der Waals surface area (Å²) in [6.45, 7) is 18.9. The fraction of sp³-hybridized carbons (Fsp3) is 0.448. The molecule has 2 heterocycles. The molecule has 2 rings (SSSR count). The largest absolute Gasteiger partial charge is 0.294 e. The van der Waals surface area contributed by atoms with Gasteiger partial charge in [-0.1, -0.05) is 60.9 Å². The molecule has 0 aliphatic rings. The van der Waals surface area contributed by atoms with Crippen LogP contribution >= 0.6 is 0 Å². The molecule has 0 saturated carbocycles. The number of hydrogen-bond acceptors (Lipinski definition) is 4. The Morgan fingerprint density at radius 3 is 1.77 bits per heavy atom. The lowest BCUT2D eigenvalue weighted by Gasteiger charge is -2.12. The van der Waals surface area contributed by atoms with Gasteiger partial charge < -0.3 is 0 Å². The third-order valence-electron chi connectivity index (χ3n) is 5.03.